The summed E-state index contributed by atoms with van der Waals surface area (Å²) in [5.74, 6) is 0.704. The molecule has 1 aromatic heterocycles. The van der Waals surface area contributed by atoms with E-state index in [1.165, 1.54) is 0 Å². The SMILES string of the molecule is CN=C(NCCNC(=O)c1cccc(Br)c1)N1CCOC(c2cnn(C)c2)C1.I. The van der Waals surface area contributed by atoms with Crippen molar-refractivity contribution in [3.8, 4) is 0 Å². The Kier molecular flexibility index (Phi) is 9.37. The number of halogens is 2. The predicted molar refractivity (Wildman–Crippen MR) is 127 cm³/mol. The number of aliphatic imine (C=N–C) groups is 1. The van der Waals surface area contributed by atoms with E-state index in [0.717, 1.165) is 22.5 Å². The van der Waals surface area contributed by atoms with Crippen LogP contribution >= 0.6 is 39.9 Å². The molecule has 1 aromatic carbocycles. The van der Waals surface area contributed by atoms with Gasteiger partial charge in [0.25, 0.3) is 5.91 Å². The van der Waals surface area contributed by atoms with Crippen molar-refractivity contribution >= 4 is 51.8 Å². The van der Waals surface area contributed by atoms with Crippen molar-refractivity contribution in [2.45, 2.75) is 6.10 Å². The Morgan fingerprint density at radius 2 is 2.17 bits per heavy atom. The number of guanidine groups is 1. The van der Waals surface area contributed by atoms with Gasteiger partial charge in [-0.05, 0) is 18.2 Å². The number of nitrogens with one attached hydrogen (secondary N) is 2. The van der Waals surface area contributed by atoms with Crippen LogP contribution in [0, 0.1) is 0 Å². The maximum atomic E-state index is 12.2. The zero-order valence-electron chi connectivity index (χ0n) is 16.5. The number of ether oxygens (including phenoxy) is 1. The van der Waals surface area contributed by atoms with Crippen molar-refractivity contribution in [3.63, 3.8) is 0 Å². The number of aryl methyl sites for hydroxylation is 1. The van der Waals surface area contributed by atoms with Gasteiger partial charge in [0.15, 0.2) is 5.96 Å². The first kappa shape index (κ1) is 23.6. The summed E-state index contributed by atoms with van der Waals surface area (Å²) < 4.78 is 8.54. The Hall–Kier alpha value is -1.66. The number of aromatic nitrogens is 2. The van der Waals surface area contributed by atoms with Crippen molar-refractivity contribution in [2.75, 3.05) is 39.8 Å². The second kappa shape index (κ2) is 11.5. The fourth-order valence-corrected chi connectivity index (χ4v) is 3.46. The quantitative estimate of drug-likeness (QED) is 0.247. The minimum atomic E-state index is -0.0962. The van der Waals surface area contributed by atoms with Gasteiger partial charge in [0.1, 0.15) is 6.10 Å². The molecule has 1 amide bonds. The number of carbonyl (C=O) groups excluding carboxylic acids is 1. The molecular formula is C19H26BrIN6O2. The molecule has 0 saturated carbocycles. The highest BCUT2D eigenvalue weighted by Crippen LogP contribution is 2.21. The van der Waals surface area contributed by atoms with Gasteiger partial charge in [0, 0.05) is 55.5 Å². The summed E-state index contributed by atoms with van der Waals surface area (Å²) >= 11 is 3.38. The lowest BCUT2D eigenvalue weighted by Crippen LogP contribution is -2.49. The molecule has 10 heteroatoms. The molecule has 0 bridgehead atoms. The van der Waals surface area contributed by atoms with E-state index in [-0.39, 0.29) is 36.0 Å². The summed E-state index contributed by atoms with van der Waals surface area (Å²) in [6.07, 6.45) is 3.78. The van der Waals surface area contributed by atoms with Crippen molar-refractivity contribution < 1.29 is 9.53 Å². The maximum Gasteiger partial charge on any atom is 0.251 e. The molecule has 1 saturated heterocycles. The second-order valence-corrected chi connectivity index (χ2v) is 7.41. The lowest BCUT2D eigenvalue weighted by molar-refractivity contribution is -0.00800. The van der Waals surface area contributed by atoms with Crippen LogP contribution in [0.4, 0.5) is 0 Å². The normalized spacial score (nSPS) is 16.9. The first-order valence-electron chi connectivity index (χ1n) is 9.16. The first-order valence-corrected chi connectivity index (χ1v) is 9.95. The Labute approximate surface area is 196 Å². The molecule has 3 rings (SSSR count). The van der Waals surface area contributed by atoms with Gasteiger partial charge in [0.2, 0.25) is 0 Å². The van der Waals surface area contributed by atoms with E-state index in [0.29, 0.717) is 31.8 Å². The molecule has 1 aliphatic heterocycles. The third kappa shape index (κ3) is 6.68. The highest BCUT2D eigenvalue weighted by Gasteiger charge is 2.25. The van der Waals surface area contributed by atoms with Gasteiger partial charge in [-0.25, -0.2) is 0 Å². The number of hydrogen-bond donors (Lipinski definition) is 2. The Balaban J connectivity index is 0.00000300. The van der Waals surface area contributed by atoms with Crippen LogP contribution in [0.15, 0.2) is 46.1 Å². The minimum Gasteiger partial charge on any atom is -0.370 e. The van der Waals surface area contributed by atoms with Crippen LogP contribution < -0.4 is 10.6 Å². The third-order valence-electron chi connectivity index (χ3n) is 4.45. The lowest BCUT2D eigenvalue weighted by Gasteiger charge is -2.34. The van der Waals surface area contributed by atoms with Gasteiger partial charge in [0.05, 0.1) is 19.3 Å². The van der Waals surface area contributed by atoms with Crippen LogP contribution in [0.5, 0.6) is 0 Å². The Morgan fingerprint density at radius 3 is 2.86 bits per heavy atom. The number of amides is 1. The molecule has 158 valence electrons. The van der Waals surface area contributed by atoms with E-state index in [1.807, 2.05) is 31.6 Å². The third-order valence-corrected chi connectivity index (χ3v) is 4.95. The highest BCUT2D eigenvalue weighted by molar-refractivity contribution is 14.0. The van der Waals surface area contributed by atoms with Gasteiger partial charge in [-0.2, -0.15) is 5.10 Å². The van der Waals surface area contributed by atoms with Gasteiger partial charge in [-0.15, -0.1) is 24.0 Å². The molecule has 1 aliphatic rings. The smallest absolute Gasteiger partial charge is 0.251 e. The number of benzene rings is 1. The van der Waals surface area contributed by atoms with Gasteiger partial charge >= 0.3 is 0 Å². The van der Waals surface area contributed by atoms with E-state index in [1.54, 1.807) is 23.9 Å². The lowest BCUT2D eigenvalue weighted by atomic mass is 10.1. The number of nitrogens with zero attached hydrogens (tertiary/aromatic N) is 4. The summed E-state index contributed by atoms with van der Waals surface area (Å²) in [5, 5.41) is 10.4. The van der Waals surface area contributed by atoms with Crippen LogP contribution in [0.1, 0.15) is 22.0 Å². The molecule has 0 aliphatic carbocycles. The van der Waals surface area contributed by atoms with Crippen molar-refractivity contribution in [3.05, 3.63) is 52.3 Å². The standard InChI is InChI=1S/C19H25BrN6O2.HI/c1-21-19(23-7-6-22-18(27)14-4-3-5-16(20)10-14)26-8-9-28-17(13-26)15-11-24-25(2)12-15;/h3-5,10-12,17H,6-9,13H2,1-2H3,(H,21,23)(H,22,27);1H. The van der Waals surface area contributed by atoms with Crippen LogP contribution in [0.2, 0.25) is 0 Å². The van der Waals surface area contributed by atoms with E-state index in [4.69, 9.17) is 4.74 Å². The molecule has 1 atom stereocenters. The van der Waals surface area contributed by atoms with E-state index >= 15 is 0 Å². The number of hydrogen-bond acceptors (Lipinski definition) is 4. The second-order valence-electron chi connectivity index (χ2n) is 6.49. The summed E-state index contributed by atoms with van der Waals surface area (Å²) in [5.41, 5.74) is 1.69. The van der Waals surface area contributed by atoms with Crippen molar-refractivity contribution in [1.29, 1.82) is 0 Å². The van der Waals surface area contributed by atoms with E-state index in [9.17, 15) is 4.79 Å². The van der Waals surface area contributed by atoms with E-state index < -0.39 is 0 Å². The molecule has 0 radical (unpaired) electrons. The largest absolute Gasteiger partial charge is 0.370 e. The Morgan fingerprint density at radius 1 is 1.38 bits per heavy atom. The Bertz CT molecular complexity index is 844. The zero-order chi connectivity index (χ0) is 19.9. The topological polar surface area (TPSA) is 83.8 Å². The number of rotatable bonds is 5. The van der Waals surface area contributed by atoms with Crippen molar-refractivity contribution in [2.24, 2.45) is 12.0 Å². The summed E-state index contributed by atoms with van der Waals surface area (Å²) in [7, 11) is 3.66. The van der Waals surface area contributed by atoms with E-state index in [2.05, 4.69) is 41.6 Å². The molecule has 2 aromatic rings. The summed E-state index contributed by atoms with van der Waals surface area (Å²) in [6, 6.07) is 7.33. The van der Waals surface area contributed by atoms with Gasteiger partial charge in [-0.1, -0.05) is 22.0 Å². The molecule has 1 fully saturated rings. The van der Waals surface area contributed by atoms with Gasteiger partial charge < -0.3 is 20.3 Å². The monoisotopic (exact) mass is 576 g/mol. The molecule has 2 heterocycles. The zero-order valence-corrected chi connectivity index (χ0v) is 20.4. The fourth-order valence-electron chi connectivity index (χ4n) is 3.06. The highest BCUT2D eigenvalue weighted by atomic mass is 127. The first-order chi connectivity index (χ1) is 13.6. The molecule has 2 N–H and O–H groups in total. The number of carbonyl (C=O) groups is 1. The van der Waals surface area contributed by atoms with Crippen molar-refractivity contribution in [1.82, 2.24) is 25.3 Å². The number of morpholine rings is 1. The van der Waals surface area contributed by atoms with Crippen LogP contribution in [0.25, 0.3) is 0 Å². The maximum absolute atomic E-state index is 12.2. The predicted octanol–water partition coefficient (Wildman–Crippen LogP) is 2.18. The average molecular weight is 577 g/mol. The summed E-state index contributed by atoms with van der Waals surface area (Å²) in [6.45, 7) is 3.18. The molecule has 1 unspecified atom stereocenters. The fraction of sp³-hybridized carbons (Fsp3) is 0.421. The summed E-state index contributed by atoms with van der Waals surface area (Å²) in [4.78, 5) is 18.7. The average Bonchev–Trinajstić information content (AvgIpc) is 3.14. The van der Waals surface area contributed by atoms with Crippen LogP contribution in [-0.4, -0.2) is 66.4 Å². The molecule has 29 heavy (non-hydrogen) atoms. The molecular weight excluding hydrogens is 551 g/mol. The van der Waals surface area contributed by atoms with Gasteiger partial charge in [-0.3, -0.25) is 14.5 Å². The molecule has 8 nitrogen and oxygen atoms in total. The molecule has 0 spiro atoms. The minimum absolute atomic E-state index is 0. The van der Waals surface area contributed by atoms with Crippen LogP contribution in [-0.2, 0) is 11.8 Å². The van der Waals surface area contributed by atoms with Crippen LogP contribution in [0.3, 0.4) is 0 Å².